The Morgan fingerprint density at radius 3 is 2.62 bits per heavy atom. The lowest BCUT2D eigenvalue weighted by atomic mass is 10.1. The van der Waals surface area contributed by atoms with Gasteiger partial charge in [-0.15, -0.1) is 0 Å². The zero-order chi connectivity index (χ0) is 15.8. The number of methoxy groups -OCH3 is 1. The second kappa shape index (κ2) is 8.52. The Balaban J connectivity index is 2.69. The number of benzene rings is 1. The van der Waals surface area contributed by atoms with Gasteiger partial charge >= 0.3 is 0 Å². The van der Waals surface area contributed by atoms with Gasteiger partial charge in [-0.3, -0.25) is 4.79 Å². The molecule has 0 radical (unpaired) electrons. The first kappa shape index (κ1) is 17.3. The molecule has 5 nitrogen and oxygen atoms in total. The largest absolute Gasteiger partial charge is 0.493 e. The van der Waals surface area contributed by atoms with Crippen molar-refractivity contribution in [1.29, 1.82) is 0 Å². The summed E-state index contributed by atoms with van der Waals surface area (Å²) in [4.78, 5) is 12.0. The number of carbonyl (C=O) groups excluding carboxylic acids is 1. The Labute approximate surface area is 126 Å². The highest BCUT2D eigenvalue weighted by Gasteiger charge is 2.18. The number of nitrogens with one attached hydrogen (secondary N) is 1. The number of carbonyl (C=O) groups is 1. The van der Waals surface area contributed by atoms with Gasteiger partial charge < -0.3 is 19.9 Å². The van der Waals surface area contributed by atoms with Crippen LogP contribution in [0.1, 0.15) is 32.8 Å². The number of rotatable bonds is 8. The molecule has 2 N–H and O–H groups in total. The second-order valence-electron chi connectivity index (χ2n) is 5.34. The van der Waals surface area contributed by atoms with Crippen LogP contribution in [0, 0.1) is 5.92 Å². The van der Waals surface area contributed by atoms with Gasteiger partial charge in [0.25, 0.3) is 5.91 Å². The Bertz CT molecular complexity index is 437. The predicted molar refractivity (Wildman–Crippen MR) is 81.5 cm³/mol. The van der Waals surface area contributed by atoms with E-state index < -0.39 is 6.10 Å². The molecule has 0 saturated heterocycles. The maximum absolute atomic E-state index is 12.0. The van der Waals surface area contributed by atoms with Crippen molar-refractivity contribution >= 4 is 5.91 Å². The summed E-state index contributed by atoms with van der Waals surface area (Å²) in [5.74, 6) is 1.28. The summed E-state index contributed by atoms with van der Waals surface area (Å²) in [6.45, 7) is 6.35. The van der Waals surface area contributed by atoms with Crippen LogP contribution in [0.2, 0.25) is 0 Å². The van der Waals surface area contributed by atoms with Crippen LogP contribution in [0.15, 0.2) is 18.2 Å². The van der Waals surface area contributed by atoms with Gasteiger partial charge in [-0.25, -0.2) is 0 Å². The SMILES string of the molecule is COc1cccc(CO)c1OC(C)C(=O)NCCC(C)C. The van der Waals surface area contributed by atoms with Crippen molar-refractivity contribution in [2.24, 2.45) is 5.92 Å². The Kier molecular flexibility index (Phi) is 7.02. The highest BCUT2D eigenvalue weighted by atomic mass is 16.5. The van der Waals surface area contributed by atoms with E-state index in [1.807, 2.05) is 0 Å². The van der Waals surface area contributed by atoms with E-state index in [4.69, 9.17) is 9.47 Å². The third-order valence-electron chi connectivity index (χ3n) is 3.14. The third-order valence-corrected chi connectivity index (χ3v) is 3.14. The van der Waals surface area contributed by atoms with Gasteiger partial charge in [0.1, 0.15) is 0 Å². The first-order valence-electron chi connectivity index (χ1n) is 7.20. The quantitative estimate of drug-likeness (QED) is 0.771. The fraction of sp³-hybridized carbons (Fsp3) is 0.562. The number of ether oxygens (including phenoxy) is 2. The number of hydrogen-bond donors (Lipinski definition) is 2. The van der Waals surface area contributed by atoms with Crippen LogP contribution in [0.25, 0.3) is 0 Å². The van der Waals surface area contributed by atoms with Crippen LogP contribution >= 0.6 is 0 Å². The predicted octanol–water partition coefficient (Wildman–Crippen LogP) is 2.12. The minimum absolute atomic E-state index is 0.172. The zero-order valence-corrected chi connectivity index (χ0v) is 13.2. The molecule has 118 valence electrons. The van der Waals surface area contributed by atoms with Crippen LogP contribution in [-0.2, 0) is 11.4 Å². The van der Waals surface area contributed by atoms with Crippen molar-refractivity contribution in [2.45, 2.75) is 39.9 Å². The van der Waals surface area contributed by atoms with E-state index in [1.54, 1.807) is 25.1 Å². The molecular formula is C16H25NO4. The molecule has 1 aromatic rings. The van der Waals surface area contributed by atoms with Gasteiger partial charge in [0.05, 0.1) is 13.7 Å². The van der Waals surface area contributed by atoms with Gasteiger partial charge in [-0.2, -0.15) is 0 Å². The topological polar surface area (TPSA) is 67.8 Å². The van der Waals surface area contributed by atoms with Crippen LogP contribution < -0.4 is 14.8 Å². The fourth-order valence-corrected chi connectivity index (χ4v) is 1.84. The second-order valence-corrected chi connectivity index (χ2v) is 5.34. The molecule has 21 heavy (non-hydrogen) atoms. The van der Waals surface area contributed by atoms with Crippen molar-refractivity contribution in [2.75, 3.05) is 13.7 Å². The molecule has 0 saturated carbocycles. The van der Waals surface area contributed by atoms with Gasteiger partial charge in [-0.1, -0.05) is 26.0 Å². The van der Waals surface area contributed by atoms with Crippen molar-refractivity contribution in [3.05, 3.63) is 23.8 Å². The summed E-state index contributed by atoms with van der Waals surface area (Å²) in [6, 6.07) is 5.24. The van der Waals surface area contributed by atoms with Crippen LogP contribution in [0.5, 0.6) is 11.5 Å². The highest BCUT2D eigenvalue weighted by Crippen LogP contribution is 2.31. The molecule has 0 bridgehead atoms. The molecule has 1 rings (SSSR count). The van der Waals surface area contributed by atoms with E-state index in [9.17, 15) is 9.90 Å². The number of aliphatic hydroxyl groups excluding tert-OH is 1. The Morgan fingerprint density at radius 1 is 1.33 bits per heavy atom. The minimum Gasteiger partial charge on any atom is -0.493 e. The lowest BCUT2D eigenvalue weighted by Gasteiger charge is -2.19. The van der Waals surface area contributed by atoms with Crippen LogP contribution in [0.3, 0.4) is 0 Å². The average Bonchev–Trinajstić information content (AvgIpc) is 2.46. The van der Waals surface area contributed by atoms with E-state index in [2.05, 4.69) is 19.2 Å². The summed E-state index contributed by atoms with van der Waals surface area (Å²) in [5, 5.41) is 12.2. The summed E-state index contributed by atoms with van der Waals surface area (Å²) < 4.78 is 10.9. The summed E-state index contributed by atoms with van der Waals surface area (Å²) in [5.41, 5.74) is 0.594. The lowest BCUT2D eigenvalue weighted by molar-refractivity contribution is -0.127. The molecule has 0 aliphatic rings. The van der Waals surface area contributed by atoms with Crippen molar-refractivity contribution in [1.82, 2.24) is 5.32 Å². The molecule has 1 unspecified atom stereocenters. The average molecular weight is 295 g/mol. The maximum atomic E-state index is 12.0. The van der Waals surface area contributed by atoms with E-state index in [1.165, 1.54) is 7.11 Å². The summed E-state index contributed by atoms with van der Waals surface area (Å²) >= 11 is 0. The van der Waals surface area contributed by atoms with Crippen LogP contribution in [-0.4, -0.2) is 30.8 Å². The smallest absolute Gasteiger partial charge is 0.260 e. The van der Waals surface area contributed by atoms with Gasteiger partial charge in [0, 0.05) is 12.1 Å². The van der Waals surface area contributed by atoms with Crippen molar-refractivity contribution in [3.8, 4) is 11.5 Å². The van der Waals surface area contributed by atoms with E-state index >= 15 is 0 Å². The summed E-state index contributed by atoms with van der Waals surface area (Å²) in [6.07, 6.45) is 0.272. The zero-order valence-electron chi connectivity index (χ0n) is 13.2. The molecule has 1 aromatic carbocycles. The molecule has 0 fully saturated rings. The number of amides is 1. The molecule has 5 heteroatoms. The number of aliphatic hydroxyl groups is 1. The normalized spacial score (nSPS) is 12.1. The molecule has 0 aliphatic carbocycles. The number of hydrogen-bond acceptors (Lipinski definition) is 4. The Morgan fingerprint density at radius 2 is 2.05 bits per heavy atom. The minimum atomic E-state index is -0.654. The first-order valence-corrected chi connectivity index (χ1v) is 7.20. The van der Waals surface area contributed by atoms with Gasteiger partial charge in [0.15, 0.2) is 17.6 Å². The van der Waals surface area contributed by atoms with Gasteiger partial charge in [0.2, 0.25) is 0 Å². The third kappa shape index (κ3) is 5.27. The van der Waals surface area contributed by atoms with Crippen molar-refractivity contribution < 1.29 is 19.4 Å². The Hall–Kier alpha value is -1.75. The van der Waals surface area contributed by atoms with Gasteiger partial charge in [-0.05, 0) is 25.3 Å². The van der Waals surface area contributed by atoms with E-state index in [-0.39, 0.29) is 12.5 Å². The fourth-order valence-electron chi connectivity index (χ4n) is 1.84. The van der Waals surface area contributed by atoms with Crippen molar-refractivity contribution in [3.63, 3.8) is 0 Å². The van der Waals surface area contributed by atoms with E-state index in [0.29, 0.717) is 29.5 Å². The summed E-state index contributed by atoms with van der Waals surface area (Å²) in [7, 11) is 1.52. The molecule has 0 aliphatic heterocycles. The molecule has 1 atom stereocenters. The monoisotopic (exact) mass is 295 g/mol. The molecule has 0 spiro atoms. The molecular weight excluding hydrogens is 270 g/mol. The highest BCUT2D eigenvalue weighted by molar-refractivity contribution is 5.80. The van der Waals surface area contributed by atoms with E-state index in [0.717, 1.165) is 6.42 Å². The number of para-hydroxylation sites is 1. The molecule has 0 aromatic heterocycles. The molecule has 0 heterocycles. The lowest BCUT2D eigenvalue weighted by Crippen LogP contribution is -2.37. The molecule has 1 amide bonds. The standard InChI is InChI=1S/C16H25NO4/c1-11(2)8-9-17-16(19)12(3)21-15-13(10-18)6-5-7-14(15)20-4/h5-7,11-12,18H,8-10H2,1-4H3,(H,17,19). The van der Waals surface area contributed by atoms with Crippen LogP contribution in [0.4, 0.5) is 0 Å². The maximum Gasteiger partial charge on any atom is 0.260 e. The first-order chi connectivity index (χ1) is 9.99.